The number of carbonyl (C=O) groups is 2. The van der Waals surface area contributed by atoms with Gasteiger partial charge in [0, 0.05) is 5.56 Å². The zero-order chi connectivity index (χ0) is 13.4. The van der Waals surface area contributed by atoms with E-state index in [1.807, 2.05) is 32.9 Å². The van der Waals surface area contributed by atoms with Crippen LogP contribution in [0.4, 0.5) is 0 Å². The number of carboxylic acids is 1. The molecule has 0 aliphatic carbocycles. The molecule has 0 fully saturated rings. The first-order chi connectivity index (χ1) is 7.67. The fourth-order valence-electron chi connectivity index (χ4n) is 1.95. The van der Waals surface area contributed by atoms with E-state index in [2.05, 4.69) is 0 Å². The maximum absolute atomic E-state index is 12.3. The monoisotopic (exact) mass is 234 g/mol. The van der Waals surface area contributed by atoms with Crippen LogP contribution in [0.1, 0.15) is 40.9 Å². The highest BCUT2D eigenvalue weighted by molar-refractivity contribution is 6.12. The molecule has 0 radical (unpaired) electrons. The second-order valence-corrected chi connectivity index (χ2v) is 5.03. The molecule has 0 aliphatic rings. The summed E-state index contributed by atoms with van der Waals surface area (Å²) in [5, 5.41) is 9.09. The third-order valence-electron chi connectivity index (χ3n) is 3.01. The van der Waals surface area contributed by atoms with Crippen LogP contribution in [-0.4, -0.2) is 16.9 Å². The summed E-state index contributed by atoms with van der Waals surface area (Å²) in [6.45, 7) is 8.51. The van der Waals surface area contributed by atoms with Crippen LogP contribution in [0.2, 0.25) is 0 Å². The lowest BCUT2D eigenvalue weighted by Crippen LogP contribution is -2.34. The summed E-state index contributed by atoms with van der Waals surface area (Å²) in [4.78, 5) is 23.4. The zero-order valence-electron chi connectivity index (χ0n) is 10.9. The molecule has 0 aliphatic heterocycles. The standard InChI is InChI=1S/C14H18O3/c1-8-6-9(2)11(10(3)7-8)12(15)14(4,5)13(16)17/h6-7H,1-5H3,(H,16,17). The second-order valence-electron chi connectivity index (χ2n) is 5.03. The molecular weight excluding hydrogens is 216 g/mol. The van der Waals surface area contributed by atoms with E-state index >= 15 is 0 Å². The van der Waals surface area contributed by atoms with Crippen molar-refractivity contribution in [3.05, 3.63) is 34.4 Å². The minimum atomic E-state index is -1.38. The molecule has 0 saturated heterocycles. The molecule has 0 amide bonds. The SMILES string of the molecule is Cc1cc(C)c(C(=O)C(C)(C)C(=O)O)c(C)c1. The summed E-state index contributed by atoms with van der Waals surface area (Å²) in [5.41, 5.74) is 1.89. The number of aliphatic carboxylic acids is 1. The molecule has 0 spiro atoms. The van der Waals surface area contributed by atoms with Gasteiger partial charge in [-0.2, -0.15) is 0 Å². The Bertz CT molecular complexity index is 461. The summed E-state index contributed by atoms with van der Waals surface area (Å²) in [6, 6.07) is 3.80. The van der Waals surface area contributed by atoms with Crippen molar-refractivity contribution >= 4 is 11.8 Å². The third-order valence-corrected chi connectivity index (χ3v) is 3.01. The Morgan fingerprint density at radius 3 is 1.82 bits per heavy atom. The molecule has 17 heavy (non-hydrogen) atoms. The van der Waals surface area contributed by atoms with Gasteiger partial charge in [0.1, 0.15) is 5.41 Å². The Morgan fingerprint density at radius 1 is 1.06 bits per heavy atom. The number of aryl methyl sites for hydroxylation is 3. The number of Topliss-reactive ketones (excluding diaryl/α,β-unsaturated/α-hetero) is 1. The van der Waals surface area contributed by atoms with Crippen LogP contribution in [0, 0.1) is 26.2 Å². The average molecular weight is 234 g/mol. The molecule has 92 valence electrons. The van der Waals surface area contributed by atoms with Gasteiger partial charge in [-0.1, -0.05) is 17.7 Å². The van der Waals surface area contributed by atoms with Crippen LogP contribution < -0.4 is 0 Å². The van der Waals surface area contributed by atoms with Gasteiger partial charge in [0.05, 0.1) is 0 Å². The van der Waals surface area contributed by atoms with Crippen molar-refractivity contribution in [2.24, 2.45) is 5.41 Å². The Hall–Kier alpha value is -1.64. The van der Waals surface area contributed by atoms with Gasteiger partial charge in [0.2, 0.25) is 0 Å². The fourth-order valence-corrected chi connectivity index (χ4v) is 1.95. The van der Waals surface area contributed by atoms with Crippen LogP contribution in [0.3, 0.4) is 0 Å². The first-order valence-corrected chi connectivity index (χ1v) is 5.54. The van der Waals surface area contributed by atoms with Gasteiger partial charge in [-0.15, -0.1) is 0 Å². The van der Waals surface area contributed by atoms with Gasteiger partial charge in [0.25, 0.3) is 0 Å². The molecule has 0 atom stereocenters. The maximum atomic E-state index is 12.3. The van der Waals surface area contributed by atoms with E-state index in [0.717, 1.165) is 16.7 Å². The number of carbonyl (C=O) groups excluding carboxylic acids is 1. The smallest absolute Gasteiger partial charge is 0.316 e. The van der Waals surface area contributed by atoms with Crippen LogP contribution in [0.5, 0.6) is 0 Å². The van der Waals surface area contributed by atoms with Crippen molar-refractivity contribution in [2.75, 3.05) is 0 Å². The molecule has 1 rings (SSSR count). The molecule has 1 N–H and O–H groups in total. The maximum Gasteiger partial charge on any atom is 0.316 e. The average Bonchev–Trinajstić information content (AvgIpc) is 2.15. The van der Waals surface area contributed by atoms with Crippen molar-refractivity contribution in [1.29, 1.82) is 0 Å². The van der Waals surface area contributed by atoms with Crippen LogP contribution in [-0.2, 0) is 4.79 Å². The van der Waals surface area contributed by atoms with Crippen molar-refractivity contribution in [3.63, 3.8) is 0 Å². The largest absolute Gasteiger partial charge is 0.481 e. The Labute approximate surface area is 101 Å². The van der Waals surface area contributed by atoms with E-state index in [9.17, 15) is 9.59 Å². The van der Waals surface area contributed by atoms with Crippen LogP contribution in [0.15, 0.2) is 12.1 Å². The first kappa shape index (κ1) is 13.4. The van der Waals surface area contributed by atoms with Gasteiger partial charge in [-0.3, -0.25) is 9.59 Å². The molecule has 0 heterocycles. The molecule has 0 saturated carbocycles. The highest BCUT2D eigenvalue weighted by Gasteiger charge is 2.37. The van der Waals surface area contributed by atoms with Gasteiger partial charge >= 0.3 is 5.97 Å². The third kappa shape index (κ3) is 2.38. The normalized spacial score (nSPS) is 11.4. The van der Waals surface area contributed by atoms with E-state index in [-0.39, 0.29) is 5.78 Å². The Kier molecular flexibility index (Phi) is 3.41. The first-order valence-electron chi connectivity index (χ1n) is 5.54. The van der Waals surface area contributed by atoms with Gasteiger partial charge in [0.15, 0.2) is 5.78 Å². The minimum absolute atomic E-state index is 0.333. The lowest BCUT2D eigenvalue weighted by molar-refractivity contribution is -0.144. The highest BCUT2D eigenvalue weighted by atomic mass is 16.4. The van der Waals surface area contributed by atoms with E-state index in [0.29, 0.717) is 5.56 Å². The van der Waals surface area contributed by atoms with Gasteiger partial charge < -0.3 is 5.11 Å². The Balaban J connectivity index is 3.36. The summed E-state index contributed by atoms with van der Waals surface area (Å²) in [7, 11) is 0. The van der Waals surface area contributed by atoms with Crippen LogP contribution >= 0.6 is 0 Å². The predicted molar refractivity (Wildman–Crippen MR) is 66.4 cm³/mol. The lowest BCUT2D eigenvalue weighted by Gasteiger charge is -2.20. The van der Waals surface area contributed by atoms with E-state index in [1.165, 1.54) is 13.8 Å². The van der Waals surface area contributed by atoms with E-state index in [4.69, 9.17) is 5.11 Å². The molecule has 1 aromatic carbocycles. The van der Waals surface area contributed by atoms with E-state index < -0.39 is 11.4 Å². The second kappa shape index (κ2) is 4.32. The molecule has 0 unspecified atom stereocenters. The van der Waals surface area contributed by atoms with Crippen molar-refractivity contribution in [2.45, 2.75) is 34.6 Å². The molecule has 0 aromatic heterocycles. The number of benzene rings is 1. The van der Waals surface area contributed by atoms with Crippen molar-refractivity contribution in [3.8, 4) is 0 Å². The number of carboxylic acid groups (broad SMARTS) is 1. The highest BCUT2D eigenvalue weighted by Crippen LogP contribution is 2.27. The summed E-state index contributed by atoms with van der Waals surface area (Å²) in [5.74, 6) is -1.43. The summed E-state index contributed by atoms with van der Waals surface area (Å²) < 4.78 is 0. The Morgan fingerprint density at radius 2 is 1.47 bits per heavy atom. The molecule has 3 heteroatoms. The quantitative estimate of drug-likeness (QED) is 0.646. The number of hydrogen-bond donors (Lipinski definition) is 1. The summed E-state index contributed by atoms with van der Waals surface area (Å²) in [6.07, 6.45) is 0. The number of rotatable bonds is 3. The van der Waals surface area contributed by atoms with Gasteiger partial charge in [-0.25, -0.2) is 0 Å². The number of ketones is 1. The van der Waals surface area contributed by atoms with E-state index in [1.54, 1.807) is 0 Å². The molecule has 3 nitrogen and oxygen atoms in total. The lowest BCUT2D eigenvalue weighted by atomic mass is 9.81. The topological polar surface area (TPSA) is 54.4 Å². The van der Waals surface area contributed by atoms with Crippen molar-refractivity contribution < 1.29 is 14.7 Å². The van der Waals surface area contributed by atoms with Crippen LogP contribution in [0.25, 0.3) is 0 Å². The molecular formula is C14H18O3. The van der Waals surface area contributed by atoms with Gasteiger partial charge in [-0.05, 0) is 45.7 Å². The predicted octanol–water partition coefficient (Wildman–Crippen LogP) is 2.91. The fraction of sp³-hybridized carbons (Fsp3) is 0.429. The minimum Gasteiger partial charge on any atom is -0.481 e. The molecule has 1 aromatic rings. The van der Waals surface area contributed by atoms with Crippen molar-refractivity contribution in [1.82, 2.24) is 0 Å². The number of hydrogen-bond acceptors (Lipinski definition) is 2. The molecule has 0 bridgehead atoms. The zero-order valence-corrected chi connectivity index (χ0v) is 10.9. The summed E-state index contributed by atoms with van der Waals surface area (Å²) >= 11 is 0.